The third-order valence-electron chi connectivity index (χ3n) is 6.65. The molecular formula is C24H27BrN2O. The number of hydrogen-bond donors (Lipinski definition) is 1. The zero-order valence-corrected chi connectivity index (χ0v) is 17.7. The molecule has 1 amide bonds. The van der Waals surface area contributed by atoms with E-state index in [9.17, 15) is 4.79 Å². The van der Waals surface area contributed by atoms with Crippen LogP contribution >= 0.6 is 15.9 Å². The molecule has 28 heavy (non-hydrogen) atoms. The van der Waals surface area contributed by atoms with Gasteiger partial charge in [0.2, 0.25) is 5.91 Å². The minimum Gasteiger partial charge on any atom is -0.378 e. The van der Waals surface area contributed by atoms with Crippen LogP contribution in [0.5, 0.6) is 0 Å². The molecule has 5 rings (SSSR count). The molecule has 0 bridgehead atoms. The van der Waals surface area contributed by atoms with Gasteiger partial charge in [0.1, 0.15) is 0 Å². The topological polar surface area (TPSA) is 32.3 Å². The summed E-state index contributed by atoms with van der Waals surface area (Å²) in [5, 5.41) is 3.73. The first-order chi connectivity index (χ1) is 13.7. The number of anilines is 1. The van der Waals surface area contributed by atoms with E-state index in [1.807, 2.05) is 0 Å². The molecule has 0 spiro atoms. The maximum absolute atomic E-state index is 12.2. The Kier molecular flexibility index (Phi) is 4.92. The molecule has 1 N–H and O–H groups in total. The number of halogens is 1. The first-order valence-electron chi connectivity index (χ1n) is 10.6. The summed E-state index contributed by atoms with van der Waals surface area (Å²) < 4.78 is 1.21. The first kappa shape index (κ1) is 18.2. The second kappa shape index (κ2) is 7.55. The highest BCUT2D eigenvalue weighted by atomic mass is 79.9. The molecular weight excluding hydrogens is 412 g/mol. The number of aryl methyl sites for hydroxylation is 1. The Morgan fingerprint density at radius 3 is 2.43 bits per heavy atom. The summed E-state index contributed by atoms with van der Waals surface area (Å²) in [7, 11) is 0. The molecule has 1 saturated heterocycles. The van der Waals surface area contributed by atoms with Gasteiger partial charge in [-0.1, -0.05) is 40.2 Å². The van der Waals surface area contributed by atoms with Crippen molar-refractivity contribution < 1.29 is 4.79 Å². The lowest BCUT2D eigenvalue weighted by Gasteiger charge is -2.32. The van der Waals surface area contributed by atoms with Crippen LogP contribution in [0.4, 0.5) is 5.69 Å². The molecule has 3 aliphatic rings. The van der Waals surface area contributed by atoms with Gasteiger partial charge in [-0.3, -0.25) is 4.79 Å². The molecule has 1 saturated carbocycles. The first-order valence-corrected chi connectivity index (χ1v) is 11.4. The minimum absolute atomic E-state index is 0.350. The molecule has 1 heterocycles. The third kappa shape index (κ3) is 3.59. The van der Waals surface area contributed by atoms with Crippen molar-refractivity contribution in [2.45, 2.75) is 50.5 Å². The van der Waals surface area contributed by atoms with Gasteiger partial charge in [0.15, 0.2) is 0 Å². The van der Waals surface area contributed by atoms with Crippen LogP contribution in [0.2, 0.25) is 0 Å². The smallest absolute Gasteiger partial charge is 0.225 e. The fourth-order valence-corrected chi connectivity index (χ4v) is 5.54. The Labute approximate surface area is 175 Å². The quantitative estimate of drug-likeness (QED) is 0.666. The average Bonchev–Trinajstić information content (AvgIpc) is 3.50. The molecule has 146 valence electrons. The Hall–Kier alpha value is -1.81. The van der Waals surface area contributed by atoms with Gasteiger partial charge in [-0.15, -0.1) is 0 Å². The molecule has 2 fully saturated rings. The number of amides is 1. The molecule has 2 aliphatic carbocycles. The number of carbonyl (C=O) groups excluding carboxylic acids is 1. The number of carbonyl (C=O) groups is 1. The summed E-state index contributed by atoms with van der Waals surface area (Å²) in [6.45, 7) is 1.85. The van der Waals surface area contributed by atoms with E-state index >= 15 is 0 Å². The van der Waals surface area contributed by atoms with Crippen LogP contribution in [0.25, 0.3) is 0 Å². The molecule has 4 heteroatoms. The number of rotatable bonds is 4. The normalized spacial score (nSPS) is 22.2. The lowest BCUT2D eigenvalue weighted by Crippen LogP contribution is -2.38. The molecule has 1 atom stereocenters. The highest BCUT2D eigenvalue weighted by Gasteiger charge is 2.35. The van der Waals surface area contributed by atoms with Gasteiger partial charge in [0, 0.05) is 29.2 Å². The predicted molar refractivity (Wildman–Crippen MR) is 117 cm³/mol. The Morgan fingerprint density at radius 1 is 0.964 bits per heavy atom. The van der Waals surface area contributed by atoms with E-state index in [0.29, 0.717) is 23.8 Å². The standard InChI is InChI=1S/C24H27BrN2O/c25-21-3-1-2-18-8-11-22(23(18)21)26-20-9-6-16(7-10-20)17-12-14-27(15-13-17)24(28)19-4-5-19/h1-3,6-7,9-10,17,19,22,26H,4-5,8,11-15H2. The molecule has 0 radical (unpaired) electrons. The van der Waals surface area contributed by atoms with E-state index in [0.717, 1.165) is 51.6 Å². The van der Waals surface area contributed by atoms with Gasteiger partial charge < -0.3 is 10.2 Å². The fraction of sp³-hybridized carbons (Fsp3) is 0.458. The van der Waals surface area contributed by atoms with Crippen molar-refractivity contribution in [1.29, 1.82) is 0 Å². The van der Waals surface area contributed by atoms with Crippen LogP contribution in [0.3, 0.4) is 0 Å². The highest BCUT2D eigenvalue weighted by Crippen LogP contribution is 2.39. The van der Waals surface area contributed by atoms with Crippen molar-refractivity contribution in [3.05, 3.63) is 63.6 Å². The summed E-state index contributed by atoms with van der Waals surface area (Å²) in [5.41, 5.74) is 5.48. The monoisotopic (exact) mass is 438 g/mol. The molecule has 2 aromatic rings. The third-order valence-corrected chi connectivity index (χ3v) is 7.34. The van der Waals surface area contributed by atoms with Gasteiger partial charge in [-0.25, -0.2) is 0 Å². The average molecular weight is 439 g/mol. The molecule has 1 unspecified atom stereocenters. The molecule has 0 aromatic heterocycles. The number of hydrogen-bond acceptors (Lipinski definition) is 2. The van der Waals surface area contributed by atoms with Gasteiger partial charge >= 0.3 is 0 Å². The number of nitrogens with zero attached hydrogens (tertiary/aromatic N) is 1. The van der Waals surface area contributed by atoms with Crippen molar-refractivity contribution in [3.8, 4) is 0 Å². The number of fused-ring (bicyclic) bond motifs is 1. The van der Waals surface area contributed by atoms with E-state index in [1.54, 1.807) is 0 Å². The maximum Gasteiger partial charge on any atom is 0.225 e. The van der Waals surface area contributed by atoms with Crippen LogP contribution in [0.1, 0.15) is 60.8 Å². The van der Waals surface area contributed by atoms with Crippen molar-refractivity contribution in [1.82, 2.24) is 4.90 Å². The molecule has 3 nitrogen and oxygen atoms in total. The van der Waals surface area contributed by atoms with E-state index in [4.69, 9.17) is 0 Å². The van der Waals surface area contributed by atoms with Crippen LogP contribution < -0.4 is 5.32 Å². The van der Waals surface area contributed by atoms with Crippen molar-refractivity contribution in [2.24, 2.45) is 5.92 Å². The number of benzene rings is 2. The molecule has 2 aromatic carbocycles. The van der Waals surface area contributed by atoms with E-state index in [-0.39, 0.29) is 0 Å². The van der Waals surface area contributed by atoms with Crippen LogP contribution in [-0.4, -0.2) is 23.9 Å². The SMILES string of the molecule is O=C(C1CC1)N1CCC(c2ccc(NC3CCc4cccc(Br)c43)cc2)CC1. The second-order valence-electron chi connectivity index (χ2n) is 8.54. The lowest BCUT2D eigenvalue weighted by molar-refractivity contribution is -0.133. The van der Waals surface area contributed by atoms with Gasteiger partial charge in [-0.05, 0) is 79.3 Å². The van der Waals surface area contributed by atoms with Gasteiger partial charge in [-0.2, -0.15) is 0 Å². The second-order valence-corrected chi connectivity index (χ2v) is 9.40. The summed E-state index contributed by atoms with van der Waals surface area (Å²) in [6, 6.07) is 15.9. The summed E-state index contributed by atoms with van der Waals surface area (Å²) in [4.78, 5) is 14.3. The summed E-state index contributed by atoms with van der Waals surface area (Å²) >= 11 is 3.72. The van der Waals surface area contributed by atoms with Crippen molar-refractivity contribution in [2.75, 3.05) is 18.4 Å². The molecule has 1 aliphatic heterocycles. The Balaban J connectivity index is 1.21. The van der Waals surface area contributed by atoms with Crippen LogP contribution in [0, 0.1) is 5.92 Å². The largest absolute Gasteiger partial charge is 0.378 e. The Morgan fingerprint density at radius 2 is 1.71 bits per heavy atom. The predicted octanol–water partition coefficient (Wildman–Crippen LogP) is 5.66. The number of piperidine rings is 1. The van der Waals surface area contributed by atoms with Gasteiger partial charge in [0.05, 0.1) is 6.04 Å². The van der Waals surface area contributed by atoms with E-state index in [2.05, 4.69) is 68.6 Å². The maximum atomic E-state index is 12.2. The minimum atomic E-state index is 0.350. The summed E-state index contributed by atoms with van der Waals surface area (Å²) in [6.07, 6.45) is 6.68. The zero-order chi connectivity index (χ0) is 19.1. The highest BCUT2D eigenvalue weighted by molar-refractivity contribution is 9.10. The number of likely N-dealkylation sites (tertiary alicyclic amines) is 1. The van der Waals surface area contributed by atoms with Crippen LogP contribution in [0.15, 0.2) is 46.9 Å². The summed E-state index contributed by atoms with van der Waals surface area (Å²) in [5.74, 6) is 1.34. The van der Waals surface area contributed by atoms with E-state index in [1.165, 1.54) is 26.9 Å². The van der Waals surface area contributed by atoms with Gasteiger partial charge in [0.25, 0.3) is 0 Å². The van der Waals surface area contributed by atoms with Crippen LogP contribution in [-0.2, 0) is 11.2 Å². The zero-order valence-electron chi connectivity index (χ0n) is 16.2. The van der Waals surface area contributed by atoms with Crippen molar-refractivity contribution >= 4 is 27.5 Å². The van der Waals surface area contributed by atoms with E-state index < -0.39 is 0 Å². The van der Waals surface area contributed by atoms with Crippen molar-refractivity contribution in [3.63, 3.8) is 0 Å². The number of nitrogens with one attached hydrogen (secondary N) is 1. The Bertz CT molecular complexity index is 867. The fourth-order valence-electron chi connectivity index (χ4n) is 4.85. The lowest BCUT2D eigenvalue weighted by atomic mass is 9.89.